The summed E-state index contributed by atoms with van der Waals surface area (Å²) < 4.78 is 0. The first-order chi connectivity index (χ1) is 12.1. The van der Waals surface area contributed by atoms with Gasteiger partial charge in [0, 0.05) is 43.3 Å². The third-order valence-corrected chi connectivity index (χ3v) is 5.42. The summed E-state index contributed by atoms with van der Waals surface area (Å²) in [6.07, 6.45) is 5.93. The van der Waals surface area contributed by atoms with Gasteiger partial charge in [0.15, 0.2) is 0 Å². The lowest BCUT2D eigenvalue weighted by molar-refractivity contribution is -0.133. The quantitative estimate of drug-likeness (QED) is 0.882. The van der Waals surface area contributed by atoms with Crippen molar-refractivity contribution >= 4 is 29.2 Å². The predicted molar refractivity (Wildman–Crippen MR) is 99.8 cm³/mol. The molecule has 3 amide bonds. The van der Waals surface area contributed by atoms with E-state index in [1.54, 1.807) is 24.3 Å². The van der Waals surface area contributed by atoms with Crippen LogP contribution in [0.25, 0.3) is 0 Å². The lowest BCUT2D eigenvalue weighted by atomic mass is 9.93. The fraction of sp³-hybridized carbons (Fsp3) is 0.579. The average molecular weight is 364 g/mol. The second-order valence-corrected chi connectivity index (χ2v) is 7.45. The van der Waals surface area contributed by atoms with Crippen molar-refractivity contribution in [3.63, 3.8) is 0 Å². The van der Waals surface area contributed by atoms with Gasteiger partial charge < -0.3 is 15.1 Å². The topological polar surface area (TPSA) is 52.7 Å². The summed E-state index contributed by atoms with van der Waals surface area (Å²) in [5.41, 5.74) is 0.747. The summed E-state index contributed by atoms with van der Waals surface area (Å²) in [4.78, 5) is 28.6. The van der Waals surface area contributed by atoms with Gasteiger partial charge in [-0.1, -0.05) is 11.6 Å². The molecule has 1 N–H and O–H groups in total. The van der Waals surface area contributed by atoms with Crippen LogP contribution < -0.4 is 5.32 Å². The second kappa shape index (κ2) is 8.56. The van der Waals surface area contributed by atoms with Gasteiger partial charge in [-0.3, -0.25) is 4.79 Å². The molecule has 2 heterocycles. The lowest BCUT2D eigenvalue weighted by Gasteiger charge is -2.33. The zero-order chi connectivity index (χ0) is 17.6. The number of amides is 3. The van der Waals surface area contributed by atoms with E-state index in [0.29, 0.717) is 36.4 Å². The fourth-order valence-electron chi connectivity index (χ4n) is 3.60. The smallest absolute Gasteiger partial charge is 0.321 e. The maximum Gasteiger partial charge on any atom is 0.321 e. The average Bonchev–Trinajstić information content (AvgIpc) is 2.65. The number of urea groups is 1. The molecule has 0 saturated carbocycles. The molecule has 6 heteroatoms. The lowest BCUT2D eigenvalue weighted by Crippen LogP contribution is -2.42. The predicted octanol–water partition coefficient (Wildman–Crippen LogP) is 3.99. The van der Waals surface area contributed by atoms with Crippen LogP contribution in [0, 0.1) is 5.92 Å². The van der Waals surface area contributed by atoms with Crippen LogP contribution >= 0.6 is 11.6 Å². The van der Waals surface area contributed by atoms with Crippen LogP contribution in [0.2, 0.25) is 5.02 Å². The maximum absolute atomic E-state index is 12.4. The van der Waals surface area contributed by atoms with E-state index in [1.165, 1.54) is 6.42 Å². The standard InChI is InChI=1S/C19H26ClN3O2/c20-16-4-6-17(7-5-16)21-19(25)23-12-8-15(9-13-23)14-18(24)22-10-2-1-3-11-22/h4-7,15H,1-3,8-14H2,(H,21,25). The molecule has 2 fully saturated rings. The number of carbonyl (C=O) groups excluding carboxylic acids is 2. The molecule has 0 radical (unpaired) electrons. The highest BCUT2D eigenvalue weighted by molar-refractivity contribution is 6.30. The van der Waals surface area contributed by atoms with E-state index in [9.17, 15) is 9.59 Å². The van der Waals surface area contributed by atoms with Crippen LogP contribution in [-0.4, -0.2) is 47.9 Å². The van der Waals surface area contributed by atoms with Crippen molar-refractivity contribution in [3.8, 4) is 0 Å². The largest absolute Gasteiger partial charge is 0.343 e. The molecule has 5 nitrogen and oxygen atoms in total. The molecule has 3 rings (SSSR count). The van der Waals surface area contributed by atoms with E-state index in [-0.39, 0.29) is 6.03 Å². The summed E-state index contributed by atoms with van der Waals surface area (Å²) in [7, 11) is 0. The highest BCUT2D eigenvalue weighted by Crippen LogP contribution is 2.23. The zero-order valence-corrected chi connectivity index (χ0v) is 15.3. The number of hydrogen-bond donors (Lipinski definition) is 1. The van der Waals surface area contributed by atoms with Crippen molar-refractivity contribution in [2.24, 2.45) is 5.92 Å². The van der Waals surface area contributed by atoms with Crippen LogP contribution in [0.4, 0.5) is 10.5 Å². The van der Waals surface area contributed by atoms with E-state index in [4.69, 9.17) is 11.6 Å². The summed E-state index contributed by atoms with van der Waals surface area (Å²) in [6.45, 7) is 3.25. The number of rotatable bonds is 3. The van der Waals surface area contributed by atoms with Crippen molar-refractivity contribution in [2.45, 2.75) is 38.5 Å². The molecule has 2 saturated heterocycles. The molecule has 0 aromatic heterocycles. The molecule has 0 atom stereocenters. The molecule has 2 aliphatic heterocycles. The first-order valence-electron chi connectivity index (χ1n) is 9.21. The van der Waals surface area contributed by atoms with Gasteiger partial charge in [0.1, 0.15) is 0 Å². The Bertz CT molecular complexity index is 591. The first-order valence-corrected chi connectivity index (χ1v) is 9.59. The number of nitrogens with one attached hydrogen (secondary N) is 1. The second-order valence-electron chi connectivity index (χ2n) is 7.01. The van der Waals surface area contributed by atoms with E-state index in [1.807, 2.05) is 9.80 Å². The summed E-state index contributed by atoms with van der Waals surface area (Å²) in [5.74, 6) is 0.692. The zero-order valence-electron chi connectivity index (χ0n) is 14.5. The summed E-state index contributed by atoms with van der Waals surface area (Å²) in [6, 6.07) is 7.03. The van der Waals surface area contributed by atoms with Gasteiger partial charge in [-0.15, -0.1) is 0 Å². The van der Waals surface area contributed by atoms with Gasteiger partial charge in [0.2, 0.25) is 5.91 Å². The molecule has 2 aliphatic rings. The molecular weight excluding hydrogens is 338 g/mol. The van der Waals surface area contributed by atoms with Crippen LogP contribution in [0.3, 0.4) is 0 Å². The Balaban J connectivity index is 1.42. The molecule has 1 aromatic carbocycles. The minimum atomic E-state index is -0.0804. The van der Waals surface area contributed by atoms with Crippen molar-refractivity contribution in [1.29, 1.82) is 0 Å². The Morgan fingerprint density at radius 2 is 1.60 bits per heavy atom. The normalized spacial score (nSPS) is 18.9. The van der Waals surface area contributed by atoms with E-state index in [0.717, 1.165) is 44.5 Å². The number of nitrogens with zero attached hydrogens (tertiary/aromatic N) is 2. The molecule has 136 valence electrons. The molecule has 25 heavy (non-hydrogen) atoms. The summed E-state index contributed by atoms with van der Waals surface area (Å²) >= 11 is 5.86. The van der Waals surface area contributed by atoms with E-state index >= 15 is 0 Å². The van der Waals surface area contributed by atoms with Crippen LogP contribution in [0.15, 0.2) is 24.3 Å². The van der Waals surface area contributed by atoms with Gasteiger partial charge in [0.25, 0.3) is 0 Å². The van der Waals surface area contributed by atoms with Gasteiger partial charge in [-0.25, -0.2) is 4.79 Å². The number of likely N-dealkylation sites (tertiary alicyclic amines) is 2. The van der Waals surface area contributed by atoms with Crippen LogP contribution in [0.1, 0.15) is 38.5 Å². The molecule has 0 spiro atoms. The third kappa shape index (κ3) is 5.11. The van der Waals surface area contributed by atoms with E-state index < -0.39 is 0 Å². The third-order valence-electron chi connectivity index (χ3n) is 5.17. The fourth-order valence-corrected chi connectivity index (χ4v) is 3.72. The number of benzene rings is 1. The maximum atomic E-state index is 12.4. The minimum absolute atomic E-state index is 0.0804. The van der Waals surface area contributed by atoms with Gasteiger partial charge in [-0.2, -0.15) is 0 Å². The number of hydrogen-bond acceptors (Lipinski definition) is 2. The number of halogens is 1. The van der Waals surface area contributed by atoms with Gasteiger partial charge >= 0.3 is 6.03 Å². The van der Waals surface area contributed by atoms with Gasteiger partial charge in [-0.05, 0) is 62.3 Å². The molecule has 1 aromatic rings. The Morgan fingerprint density at radius 1 is 0.960 bits per heavy atom. The minimum Gasteiger partial charge on any atom is -0.343 e. The van der Waals surface area contributed by atoms with E-state index in [2.05, 4.69) is 5.32 Å². The number of anilines is 1. The summed E-state index contributed by atoms with van der Waals surface area (Å²) in [5, 5.41) is 3.55. The first kappa shape index (κ1) is 18.1. The van der Waals surface area contributed by atoms with Crippen molar-refractivity contribution in [2.75, 3.05) is 31.5 Å². The number of piperidine rings is 2. The van der Waals surface area contributed by atoms with Crippen molar-refractivity contribution in [3.05, 3.63) is 29.3 Å². The monoisotopic (exact) mass is 363 g/mol. The highest BCUT2D eigenvalue weighted by Gasteiger charge is 2.26. The Morgan fingerprint density at radius 3 is 2.24 bits per heavy atom. The highest BCUT2D eigenvalue weighted by atomic mass is 35.5. The SMILES string of the molecule is O=C(CC1CCN(C(=O)Nc2ccc(Cl)cc2)CC1)N1CCCCC1. The molecule has 0 unspecified atom stereocenters. The number of carbonyl (C=O) groups is 2. The van der Waals surface area contributed by atoms with Crippen molar-refractivity contribution in [1.82, 2.24) is 9.80 Å². The molecular formula is C19H26ClN3O2. The van der Waals surface area contributed by atoms with Gasteiger partial charge in [0.05, 0.1) is 0 Å². The van der Waals surface area contributed by atoms with Crippen molar-refractivity contribution < 1.29 is 9.59 Å². The Labute approximate surface area is 154 Å². The Kier molecular flexibility index (Phi) is 6.19. The molecule has 0 aliphatic carbocycles. The van der Waals surface area contributed by atoms with Crippen LogP contribution in [0.5, 0.6) is 0 Å². The Hall–Kier alpha value is -1.75. The molecule has 0 bridgehead atoms. The van der Waals surface area contributed by atoms with Crippen LogP contribution in [-0.2, 0) is 4.79 Å².